The summed E-state index contributed by atoms with van der Waals surface area (Å²) in [5.74, 6) is 0.212. The highest BCUT2D eigenvalue weighted by Crippen LogP contribution is 2.39. The maximum atomic E-state index is 11.7. The third-order valence-electron chi connectivity index (χ3n) is 4.60. The summed E-state index contributed by atoms with van der Waals surface area (Å²) in [5, 5.41) is 14.7. The van der Waals surface area contributed by atoms with Crippen LogP contribution < -0.4 is 5.32 Å². The fraction of sp³-hybridized carbons (Fsp3) is 0.222. The summed E-state index contributed by atoms with van der Waals surface area (Å²) < 4.78 is 2.01. The van der Waals surface area contributed by atoms with Crippen LogP contribution in [0.5, 0.6) is 5.88 Å². The Bertz CT molecular complexity index is 917. The second-order valence-electron chi connectivity index (χ2n) is 5.89. The van der Waals surface area contributed by atoms with E-state index in [1.54, 1.807) is 13.4 Å². The Morgan fingerprint density at radius 1 is 1.25 bits per heavy atom. The zero-order chi connectivity index (χ0) is 16.0. The van der Waals surface area contributed by atoms with E-state index in [0.717, 1.165) is 29.4 Å². The van der Waals surface area contributed by atoms with Crippen LogP contribution in [0.4, 0.5) is 0 Å². The van der Waals surface area contributed by atoms with Crippen molar-refractivity contribution in [3.05, 3.63) is 59.5 Å². The van der Waals surface area contributed by atoms with Gasteiger partial charge in [-0.25, -0.2) is 4.98 Å². The van der Waals surface area contributed by atoms with Gasteiger partial charge in [-0.15, -0.1) is 0 Å². The van der Waals surface area contributed by atoms with Gasteiger partial charge in [0.05, 0.1) is 12.0 Å². The van der Waals surface area contributed by atoms with Crippen LogP contribution >= 0.6 is 0 Å². The molecule has 1 atom stereocenters. The molecule has 2 heterocycles. The summed E-state index contributed by atoms with van der Waals surface area (Å²) in [5.41, 5.74) is 2.72. The first kappa shape index (κ1) is 16.0. The minimum atomic E-state index is -0.0828. The highest BCUT2D eigenvalue weighted by Gasteiger charge is 2.28. The predicted molar refractivity (Wildman–Crippen MR) is 91.3 cm³/mol. The van der Waals surface area contributed by atoms with E-state index < -0.39 is 0 Å². The third-order valence-corrected chi connectivity index (χ3v) is 4.60. The molecule has 124 valence electrons. The number of benzene rings is 2. The molecule has 6 heteroatoms. The number of carbonyl (C=O) groups excluding carboxylic acids is 1. The lowest BCUT2D eigenvalue weighted by molar-refractivity contribution is 0.0963. The van der Waals surface area contributed by atoms with Crippen LogP contribution in [-0.2, 0) is 6.54 Å². The highest BCUT2D eigenvalue weighted by atomic mass is 16.3. The van der Waals surface area contributed by atoms with Gasteiger partial charge in [0.1, 0.15) is 0 Å². The monoisotopic (exact) mass is 325 g/mol. The first-order chi connectivity index (χ1) is 11.2. The molecule has 6 nitrogen and oxygen atoms in total. The minimum absolute atomic E-state index is 0. The summed E-state index contributed by atoms with van der Waals surface area (Å²) in [6, 6.07) is 11.9. The van der Waals surface area contributed by atoms with Gasteiger partial charge in [-0.05, 0) is 34.9 Å². The molecule has 1 aliphatic heterocycles. The van der Waals surface area contributed by atoms with E-state index in [2.05, 4.69) is 22.4 Å². The summed E-state index contributed by atoms with van der Waals surface area (Å²) in [7, 11) is 1.63. The Balaban J connectivity index is 0.00000169. The highest BCUT2D eigenvalue weighted by molar-refractivity contribution is 5.98. The molecule has 0 saturated carbocycles. The van der Waals surface area contributed by atoms with Crippen molar-refractivity contribution in [1.82, 2.24) is 14.9 Å². The Hall–Kier alpha value is -2.86. The molecule has 2 aromatic carbocycles. The quantitative estimate of drug-likeness (QED) is 0.751. The number of fused-ring (bicyclic) bond motifs is 2. The molecule has 0 fully saturated rings. The maximum Gasteiger partial charge on any atom is 0.251 e. The van der Waals surface area contributed by atoms with E-state index in [0.29, 0.717) is 5.56 Å². The van der Waals surface area contributed by atoms with Gasteiger partial charge in [-0.2, -0.15) is 0 Å². The van der Waals surface area contributed by atoms with Gasteiger partial charge in [0.2, 0.25) is 5.88 Å². The molecule has 1 amide bonds. The molecule has 0 spiro atoms. The lowest BCUT2D eigenvalue weighted by Crippen LogP contribution is -2.17. The summed E-state index contributed by atoms with van der Waals surface area (Å²) in [6.45, 7) is 0.876. The Morgan fingerprint density at radius 2 is 2.00 bits per heavy atom. The van der Waals surface area contributed by atoms with Crippen LogP contribution in [0.3, 0.4) is 0 Å². The average Bonchev–Trinajstić information content (AvgIpc) is 3.16. The molecule has 4 N–H and O–H groups in total. The van der Waals surface area contributed by atoms with Crippen molar-refractivity contribution in [3.63, 3.8) is 0 Å². The van der Waals surface area contributed by atoms with Gasteiger partial charge in [0.15, 0.2) is 0 Å². The summed E-state index contributed by atoms with van der Waals surface area (Å²) >= 11 is 0. The lowest BCUT2D eigenvalue weighted by Gasteiger charge is -2.12. The molecule has 1 aromatic heterocycles. The summed E-state index contributed by atoms with van der Waals surface area (Å²) in [6.07, 6.45) is 2.66. The molecule has 0 aliphatic carbocycles. The van der Waals surface area contributed by atoms with Crippen molar-refractivity contribution in [2.75, 3.05) is 7.05 Å². The van der Waals surface area contributed by atoms with Gasteiger partial charge in [-0.1, -0.05) is 24.3 Å². The molecule has 1 aliphatic rings. The number of hydrogen-bond acceptors (Lipinski definition) is 3. The van der Waals surface area contributed by atoms with Crippen molar-refractivity contribution in [2.24, 2.45) is 0 Å². The SMILES string of the molecule is CNC(=O)c1ccc2cc([C@@H]3CCn4cnc(O)c43)ccc2c1.O. The van der Waals surface area contributed by atoms with Crippen molar-refractivity contribution in [2.45, 2.75) is 18.9 Å². The van der Waals surface area contributed by atoms with Gasteiger partial charge in [-0.3, -0.25) is 4.79 Å². The maximum absolute atomic E-state index is 11.7. The first-order valence-corrected chi connectivity index (χ1v) is 7.67. The molecule has 24 heavy (non-hydrogen) atoms. The van der Waals surface area contributed by atoms with Crippen molar-refractivity contribution in [3.8, 4) is 5.88 Å². The topological polar surface area (TPSA) is 98.7 Å². The smallest absolute Gasteiger partial charge is 0.251 e. The Morgan fingerprint density at radius 3 is 2.79 bits per heavy atom. The van der Waals surface area contributed by atoms with E-state index >= 15 is 0 Å². The molecule has 0 bridgehead atoms. The van der Waals surface area contributed by atoms with E-state index in [9.17, 15) is 9.90 Å². The van der Waals surface area contributed by atoms with Crippen LogP contribution in [0.25, 0.3) is 10.8 Å². The van der Waals surface area contributed by atoms with Crippen molar-refractivity contribution in [1.29, 1.82) is 0 Å². The van der Waals surface area contributed by atoms with Crippen LogP contribution in [0.2, 0.25) is 0 Å². The van der Waals surface area contributed by atoms with Gasteiger partial charge < -0.3 is 20.5 Å². The number of nitrogens with one attached hydrogen (secondary N) is 1. The number of aromatic hydroxyl groups is 1. The number of carbonyl (C=O) groups is 1. The molecule has 0 unspecified atom stereocenters. The number of hydrogen-bond donors (Lipinski definition) is 2. The number of nitrogens with zero attached hydrogens (tertiary/aromatic N) is 2. The van der Waals surface area contributed by atoms with E-state index in [-0.39, 0.29) is 23.2 Å². The number of aromatic nitrogens is 2. The largest absolute Gasteiger partial charge is 0.492 e. The fourth-order valence-electron chi connectivity index (χ4n) is 3.41. The Labute approximate surface area is 139 Å². The van der Waals surface area contributed by atoms with Gasteiger partial charge in [0, 0.05) is 25.1 Å². The van der Waals surface area contributed by atoms with E-state index in [1.165, 1.54) is 5.56 Å². The second kappa shape index (κ2) is 5.98. The number of imidazole rings is 1. The molecular weight excluding hydrogens is 306 g/mol. The predicted octanol–water partition coefficient (Wildman–Crippen LogP) is 1.81. The molecule has 0 saturated heterocycles. The van der Waals surface area contributed by atoms with Crippen LogP contribution in [0, 0.1) is 0 Å². The number of amides is 1. The van der Waals surface area contributed by atoms with Gasteiger partial charge in [0.25, 0.3) is 5.91 Å². The zero-order valence-corrected chi connectivity index (χ0v) is 13.3. The molecule has 3 aromatic rings. The van der Waals surface area contributed by atoms with E-state index in [1.807, 2.05) is 28.8 Å². The normalized spacial score (nSPS) is 15.8. The molecular formula is C18H19N3O3. The standard InChI is InChI=1S/C18H17N3O2.H2O/c1-19-17(22)14-5-3-11-8-13(4-2-12(11)9-14)15-6-7-21-10-20-18(23)16(15)21;/h2-5,8-10,15,23H,6-7H2,1H3,(H,19,22);1H2/t15-;/m0./s1. The lowest BCUT2D eigenvalue weighted by atomic mass is 9.92. The minimum Gasteiger partial charge on any atom is -0.492 e. The molecule has 4 rings (SSSR count). The first-order valence-electron chi connectivity index (χ1n) is 7.67. The summed E-state index contributed by atoms with van der Waals surface area (Å²) in [4.78, 5) is 15.7. The number of aryl methyl sites for hydroxylation is 1. The third kappa shape index (κ3) is 2.41. The van der Waals surface area contributed by atoms with Gasteiger partial charge >= 0.3 is 0 Å². The second-order valence-corrected chi connectivity index (χ2v) is 5.89. The molecule has 0 radical (unpaired) electrons. The fourth-order valence-corrected chi connectivity index (χ4v) is 3.41. The van der Waals surface area contributed by atoms with E-state index in [4.69, 9.17) is 0 Å². The average molecular weight is 325 g/mol. The van der Waals surface area contributed by atoms with Crippen LogP contribution in [0.15, 0.2) is 42.7 Å². The Kier molecular flexibility index (Phi) is 3.99. The number of rotatable bonds is 2. The van der Waals surface area contributed by atoms with Crippen LogP contribution in [0.1, 0.15) is 34.0 Å². The van der Waals surface area contributed by atoms with Crippen molar-refractivity contribution < 1.29 is 15.4 Å². The van der Waals surface area contributed by atoms with Crippen LogP contribution in [-0.4, -0.2) is 33.1 Å². The zero-order valence-electron chi connectivity index (χ0n) is 13.3. The van der Waals surface area contributed by atoms with Crippen molar-refractivity contribution >= 4 is 16.7 Å².